The van der Waals surface area contributed by atoms with Gasteiger partial charge in [-0.25, -0.2) is 4.98 Å². The van der Waals surface area contributed by atoms with Crippen LogP contribution in [0, 0.1) is 0 Å². The van der Waals surface area contributed by atoms with Crippen molar-refractivity contribution in [2.45, 2.75) is 18.4 Å². The Labute approximate surface area is 121 Å². The van der Waals surface area contributed by atoms with E-state index in [2.05, 4.69) is 15.6 Å². The predicted octanol–water partition coefficient (Wildman–Crippen LogP) is 0.364. The largest absolute Gasteiger partial charge is 0.384 e. The summed E-state index contributed by atoms with van der Waals surface area (Å²) in [5, 5.41) is 6.43. The Kier molecular flexibility index (Phi) is 3.21. The standard InChI is InChI=1S/C15H16N4O2/c16-13-4-3-11-2-1-10(7-12(11)19-13)8-15(18-9-20)5-6-17-14(15)21/h1-4,7,9H,5-6,8H2,(H2,16,19)(H,17,21)(H,18,20)/t15-/m1/s1. The fourth-order valence-electron chi connectivity index (χ4n) is 2.78. The number of nitrogens with zero attached hydrogens (tertiary/aromatic N) is 1. The van der Waals surface area contributed by atoms with Crippen LogP contribution < -0.4 is 16.4 Å². The topological polar surface area (TPSA) is 97.1 Å². The van der Waals surface area contributed by atoms with Crippen molar-refractivity contribution in [2.75, 3.05) is 12.3 Å². The highest BCUT2D eigenvalue weighted by Gasteiger charge is 2.42. The van der Waals surface area contributed by atoms with Gasteiger partial charge in [-0.05, 0) is 30.2 Å². The minimum Gasteiger partial charge on any atom is -0.384 e. The van der Waals surface area contributed by atoms with Crippen molar-refractivity contribution >= 4 is 29.0 Å². The van der Waals surface area contributed by atoms with Crippen LogP contribution in [0.2, 0.25) is 0 Å². The second-order valence-electron chi connectivity index (χ2n) is 5.29. The van der Waals surface area contributed by atoms with E-state index in [1.165, 1.54) is 0 Å². The second kappa shape index (κ2) is 5.05. The molecule has 0 aliphatic carbocycles. The quantitative estimate of drug-likeness (QED) is 0.706. The molecule has 21 heavy (non-hydrogen) atoms. The monoisotopic (exact) mass is 284 g/mol. The van der Waals surface area contributed by atoms with Gasteiger partial charge in [-0.2, -0.15) is 0 Å². The molecule has 2 amide bonds. The number of anilines is 1. The Morgan fingerprint density at radius 1 is 1.38 bits per heavy atom. The van der Waals surface area contributed by atoms with Crippen LogP contribution in [-0.4, -0.2) is 29.4 Å². The van der Waals surface area contributed by atoms with Crippen molar-refractivity contribution in [3.05, 3.63) is 35.9 Å². The van der Waals surface area contributed by atoms with E-state index in [0.29, 0.717) is 31.6 Å². The van der Waals surface area contributed by atoms with Crippen molar-refractivity contribution in [2.24, 2.45) is 0 Å². The molecule has 0 unspecified atom stereocenters. The summed E-state index contributed by atoms with van der Waals surface area (Å²) >= 11 is 0. The van der Waals surface area contributed by atoms with E-state index >= 15 is 0 Å². The van der Waals surface area contributed by atoms with E-state index in [0.717, 1.165) is 16.5 Å². The Morgan fingerprint density at radius 3 is 2.90 bits per heavy atom. The second-order valence-corrected chi connectivity index (χ2v) is 5.29. The SMILES string of the molecule is Nc1ccc2ccc(C[C@]3(NC=O)CCNC3=O)cc2n1. The molecule has 6 heteroatoms. The number of pyridine rings is 1. The number of fused-ring (bicyclic) bond motifs is 1. The molecule has 2 heterocycles. The molecule has 1 aliphatic heterocycles. The van der Waals surface area contributed by atoms with Crippen molar-refractivity contribution < 1.29 is 9.59 Å². The number of hydrogen-bond donors (Lipinski definition) is 3. The molecule has 2 aromatic rings. The van der Waals surface area contributed by atoms with Crippen LogP contribution >= 0.6 is 0 Å². The van der Waals surface area contributed by atoms with Gasteiger partial charge < -0.3 is 16.4 Å². The molecule has 108 valence electrons. The zero-order chi connectivity index (χ0) is 14.9. The maximum atomic E-state index is 12.0. The van der Waals surface area contributed by atoms with E-state index < -0.39 is 5.54 Å². The summed E-state index contributed by atoms with van der Waals surface area (Å²) in [6, 6.07) is 9.45. The molecule has 1 saturated heterocycles. The zero-order valence-electron chi connectivity index (χ0n) is 11.4. The third kappa shape index (κ3) is 2.40. The number of aromatic nitrogens is 1. The van der Waals surface area contributed by atoms with Crippen LogP contribution in [-0.2, 0) is 16.0 Å². The van der Waals surface area contributed by atoms with Crippen LogP contribution in [0.25, 0.3) is 10.9 Å². The predicted molar refractivity (Wildman–Crippen MR) is 79.4 cm³/mol. The fraction of sp³-hybridized carbons (Fsp3) is 0.267. The van der Waals surface area contributed by atoms with Crippen LogP contribution in [0.15, 0.2) is 30.3 Å². The zero-order valence-corrected chi connectivity index (χ0v) is 11.4. The molecule has 0 spiro atoms. The van der Waals surface area contributed by atoms with E-state index in [-0.39, 0.29) is 5.91 Å². The Morgan fingerprint density at radius 2 is 2.19 bits per heavy atom. The van der Waals surface area contributed by atoms with Crippen molar-refractivity contribution in [1.82, 2.24) is 15.6 Å². The van der Waals surface area contributed by atoms with Crippen molar-refractivity contribution in [1.29, 1.82) is 0 Å². The van der Waals surface area contributed by atoms with Gasteiger partial charge in [0.25, 0.3) is 0 Å². The van der Waals surface area contributed by atoms with Gasteiger partial charge in [-0.15, -0.1) is 0 Å². The third-order valence-electron chi connectivity index (χ3n) is 3.89. The molecule has 6 nitrogen and oxygen atoms in total. The number of nitrogens with two attached hydrogens (primary N) is 1. The highest BCUT2D eigenvalue weighted by atomic mass is 16.2. The average molecular weight is 284 g/mol. The molecule has 3 rings (SSSR count). The van der Waals surface area contributed by atoms with Crippen LogP contribution in [0.3, 0.4) is 0 Å². The smallest absolute Gasteiger partial charge is 0.246 e. The number of nitrogen functional groups attached to an aromatic ring is 1. The van der Waals surface area contributed by atoms with Crippen LogP contribution in [0.4, 0.5) is 5.82 Å². The summed E-state index contributed by atoms with van der Waals surface area (Å²) in [5.74, 6) is 0.314. The Balaban J connectivity index is 1.96. The number of nitrogens with one attached hydrogen (secondary N) is 2. The maximum Gasteiger partial charge on any atom is 0.246 e. The van der Waals surface area contributed by atoms with Gasteiger partial charge in [0, 0.05) is 18.4 Å². The lowest BCUT2D eigenvalue weighted by molar-refractivity contribution is -0.127. The minimum absolute atomic E-state index is 0.143. The molecule has 0 bridgehead atoms. The Bertz CT molecular complexity index is 716. The molecule has 1 aromatic heterocycles. The molecule has 1 aromatic carbocycles. The summed E-state index contributed by atoms with van der Waals surface area (Å²) in [6.07, 6.45) is 1.60. The lowest BCUT2D eigenvalue weighted by Crippen LogP contribution is -2.52. The third-order valence-corrected chi connectivity index (χ3v) is 3.89. The van der Waals surface area contributed by atoms with Gasteiger partial charge in [-0.3, -0.25) is 9.59 Å². The molecule has 1 aliphatic rings. The lowest BCUT2D eigenvalue weighted by Gasteiger charge is -2.25. The van der Waals surface area contributed by atoms with Gasteiger partial charge in [0.15, 0.2) is 0 Å². The molecular formula is C15H16N4O2. The van der Waals surface area contributed by atoms with Gasteiger partial charge >= 0.3 is 0 Å². The summed E-state index contributed by atoms with van der Waals surface area (Å²) < 4.78 is 0. The average Bonchev–Trinajstić information content (AvgIpc) is 2.80. The first-order valence-corrected chi connectivity index (χ1v) is 6.78. The molecule has 1 atom stereocenters. The van der Waals surface area contributed by atoms with Gasteiger partial charge in [0.2, 0.25) is 12.3 Å². The number of carbonyl (C=O) groups is 2. The molecule has 4 N–H and O–H groups in total. The van der Waals surface area contributed by atoms with Gasteiger partial charge in [0.1, 0.15) is 11.4 Å². The molecular weight excluding hydrogens is 268 g/mol. The van der Waals surface area contributed by atoms with Crippen LogP contribution in [0.5, 0.6) is 0 Å². The number of benzene rings is 1. The summed E-state index contributed by atoms with van der Waals surface area (Å²) in [4.78, 5) is 27.2. The fourth-order valence-corrected chi connectivity index (χ4v) is 2.78. The van der Waals surface area contributed by atoms with Crippen LogP contribution in [0.1, 0.15) is 12.0 Å². The number of carbonyl (C=O) groups excluding carboxylic acids is 2. The summed E-state index contributed by atoms with van der Waals surface area (Å²) in [7, 11) is 0. The number of amides is 2. The molecule has 0 radical (unpaired) electrons. The normalized spacial score (nSPS) is 21.2. The maximum absolute atomic E-state index is 12.0. The first-order chi connectivity index (χ1) is 10.1. The number of rotatable bonds is 4. The van der Waals surface area contributed by atoms with Gasteiger partial charge in [-0.1, -0.05) is 12.1 Å². The lowest BCUT2D eigenvalue weighted by atomic mass is 9.89. The van der Waals surface area contributed by atoms with Crippen molar-refractivity contribution in [3.63, 3.8) is 0 Å². The minimum atomic E-state index is -0.865. The van der Waals surface area contributed by atoms with E-state index in [1.54, 1.807) is 6.07 Å². The Hall–Kier alpha value is -2.63. The van der Waals surface area contributed by atoms with E-state index in [9.17, 15) is 9.59 Å². The summed E-state index contributed by atoms with van der Waals surface area (Å²) in [6.45, 7) is 0.568. The first kappa shape index (κ1) is 13.4. The highest BCUT2D eigenvalue weighted by Crippen LogP contribution is 2.24. The molecule has 0 saturated carbocycles. The van der Waals surface area contributed by atoms with Gasteiger partial charge in [0.05, 0.1) is 5.52 Å². The van der Waals surface area contributed by atoms with E-state index in [1.807, 2.05) is 24.3 Å². The first-order valence-electron chi connectivity index (χ1n) is 6.78. The van der Waals surface area contributed by atoms with Crippen molar-refractivity contribution in [3.8, 4) is 0 Å². The number of hydrogen-bond acceptors (Lipinski definition) is 4. The highest BCUT2D eigenvalue weighted by molar-refractivity contribution is 5.91. The van der Waals surface area contributed by atoms with E-state index in [4.69, 9.17) is 5.73 Å². The summed E-state index contributed by atoms with van der Waals surface area (Å²) in [5.41, 5.74) is 6.56. The molecule has 1 fully saturated rings.